The number of anilines is 2. The van der Waals surface area contributed by atoms with Gasteiger partial charge in [0.2, 0.25) is 0 Å². The summed E-state index contributed by atoms with van der Waals surface area (Å²) in [6.45, 7) is 0. The van der Waals surface area contributed by atoms with Crippen LogP contribution in [-0.4, -0.2) is 10.8 Å². The molecule has 0 atom stereocenters. The van der Waals surface area contributed by atoms with E-state index in [1.54, 1.807) is 17.4 Å². The predicted molar refractivity (Wildman–Crippen MR) is 102 cm³/mol. The van der Waals surface area contributed by atoms with Crippen LogP contribution in [0.3, 0.4) is 0 Å². The third kappa shape index (κ3) is 2.80. The Morgan fingerprint density at radius 1 is 1.04 bits per heavy atom. The second kappa shape index (κ2) is 6.23. The van der Waals surface area contributed by atoms with E-state index in [9.17, 15) is 8.78 Å². The van der Waals surface area contributed by atoms with Crippen molar-refractivity contribution in [1.29, 1.82) is 0 Å². The third-order valence-electron chi connectivity index (χ3n) is 3.96. The van der Waals surface area contributed by atoms with Gasteiger partial charge in [0.25, 0.3) is 0 Å². The van der Waals surface area contributed by atoms with E-state index in [2.05, 4.69) is 15.4 Å². The molecular weight excluding hydrogens is 356 g/mol. The zero-order valence-corrected chi connectivity index (χ0v) is 14.1. The fraction of sp³-hybridized carbons (Fsp3) is 0. The summed E-state index contributed by atoms with van der Waals surface area (Å²) in [5.74, 6) is 4.61. The number of hydrogen-bond donors (Lipinski definition) is 3. The Kier molecular flexibility index (Phi) is 3.89. The van der Waals surface area contributed by atoms with Crippen LogP contribution in [0.25, 0.3) is 21.0 Å². The van der Waals surface area contributed by atoms with E-state index in [1.165, 1.54) is 12.1 Å². The molecule has 0 aliphatic rings. The molecule has 0 amide bonds. The molecule has 130 valence electrons. The lowest BCUT2D eigenvalue weighted by atomic mass is 10.1. The minimum absolute atomic E-state index is 0.196. The van der Waals surface area contributed by atoms with Crippen LogP contribution in [0.15, 0.2) is 52.9 Å². The van der Waals surface area contributed by atoms with E-state index in [1.807, 2.05) is 23.6 Å². The number of rotatable bonds is 3. The summed E-state index contributed by atoms with van der Waals surface area (Å²) in [5.41, 5.74) is 7.37. The third-order valence-corrected chi connectivity index (χ3v) is 4.90. The maximum absolute atomic E-state index is 13.5. The zero-order valence-electron chi connectivity index (χ0n) is 13.3. The molecule has 2 heterocycles. The number of hydrogen-bond acceptors (Lipinski definition) is 5. The van der Waals surface area contributed by atoms with Crippen LogP contribution >= 0.6 is 11.3 Å². The molecule has 0 aliphatic carbocycles. The summed E-state index contributed by atoms with van der Waals surface area (Å²) < 4.78 is 28.0. The molecule has 4 aromatic rings. The van der Waals surface area contributed by atoms with E-state index in [0.29, 0.717) is 16.9 Å². The maximum atomic E-state index is 13.5. The van der Waals surface area contributed by atoms with Gasteiger partial charge < -0.3 is 16.9 Å². The van der Waals surface area contributed by atoms with Crippen molar-refractivity contribution in [1.82, 2.24) is 4.98 Å². The van der Waals surface area contributed by atoms with E-state index in [-0.39, 0.29) is 11.5 Å². The number of hydrazone groups is 1. The molecule has 5 nitrogen and oxygen atoms in total. The van der Waals surface area contributed by atoms with Crippen LogP contribution in [-0.2, 0) is 0 Å². The first kappa shape index (κ1) is 16.2. The van der Waals surface area contributed by atoms with Crippen LogP contribution in [0.2, 0.25) is 0 Å². The summed E-state index contributed by atoms with van der Waals surface area (Å²) in [6, 6.07) is 10.7. The van der Waals surface area contributed by atoms with Crippen molar-refractivity contribution >= 4 is 49.7 Å². The highest BCUT2D eigenvalue weighted by atomic mass is 32.1. The van der Waals surface area contributed by atoms with Crippen LogP contribution in [0.1, 0.15) is 5.56 Å². The highest BCUT2D eigenvalue weighted by Crippen LogP contribution is 2.35. The largest absolute Gasteiger partial charge is 0.382 e. The Hall–Kier alpha value is -3.26. The number of nitrogens with two attached hydrogens (primary N) is 2. The van der Waals surface area contributed by atoms with Gasteiger partial charge in [-0.25, -0.2) is 13.8 Å². The number of benzene rings is 2. The molecular formula is C18H13F2N5S. The van der Waals surface area contributed by atoms with Gasteiger partial charge in [-0.05, 0) is 29.6 Å². The second-order valence-corrected chi connectivity index (χ2v) is 6.57. The van der Waals surface area contributed by atoms with E-state index >= 15 is 0 Å². The van der Waals surface area contributed by atoms with Crippen molar-refractivity contribution in [2.45, 2.75) is 0 Å². The Bertz CT molecular complexity index is 1150. The van der Waals surface area contributed by atoms with Crippen LogP contribution in [0.5, 0.6) is 0 Å². The average Bonchev–Trinajstić information content (AvgIpc) is 3.10. The lowest BCUT2D eigenvalue weighted by Crippen LogP contribution is -2.15. The van der Waals surface area contributed by atoms with Gasteiger partial charge in [-0.15, -0.1) is 11.3 Å². The van der Waals surface area contributed by atoms with E-state index in [4.69, 9.17) is 11.6 Å². The maximum Gasteiger partial charge on any atom is 0.150 e. The van der Waals surface area contributed by atoms with Crippen molar-refractivity contribution in [2.24, 2.45) is 16.7 Å². The lowest BCUT2D eigenvalue weighted by Gasteiger charge is -2.10. The molecule has 4 rings (SSSR count). The number of amidine groups is 1. The highest BCUT2D eigenvalue weighted by Gasteiger charge is 2.12. The van der Waals surface area contributed by atoms with Crippen molar-refractivity contribution in [3.8, 4) is 0 Å². The van der Waals surface area contributed by atoms with Crippen molar-refractivity contribution in [3.63, 3.8) is 0 Å². The van der Waals surface area contributed by atoms with E-state index < -0.39 is 11.6 Å². The number of fused-ring (bicyclic) bond motifs is 3. The first-order valence-corrected chi connectivity index (χ1v) is 8.51. The van der Waals surface area contributed by atoms with Crippen LogP contribution in [0, 0.1) is 11.6 Å². The Morgan fingerprint density at radius 2 is 1.81 bits per heavy atom. The summed E-state index contributed by atoms with van der Waals surface area (Å²) in [5, 5.41) is 10.2. The molecule has 0 radical (unpaired) electrons. The Morgan fingerprint density at radius 3 is 2.54 bits per heavy atom. The molecule has 0 bridgehead atoms. The first-order chi connectivity index (χ1) is 12.5. The number of halogens is 2. The van der Waals surface area contributed by atoms with Gasteiger partial charge in [0.05, 0.1) is 5.52 Å². The number of nitrogens with one attached hydrogen (secondary N) is 1. The molecule has 0 fully saturated rings. The summed E-state index contributed by atoms with van der Waals surface area (Å²) in [4.78, 5) is 4.61. The van der Waals surface area contributed by atoms with Gasteiger partial charge >= 0.3 is 0 Å². The minimum Gasteiger partial charge on any atom is -0.382 e. The molecule has 0 aliphatic heterocycles. The van der Waals surface area contributed by atoms with Gasteiger partial charge in [-0.1, -0.05) is 12.1 Å². The molecule has 0 saturated carbocycles. The standard InChI is InChI=1S/C18H13F2N5S/c19-10-6-11(20)8-12(7-10)23-18-14-3-4-26-16(14)13-2-1-9(17(21)25-22)5-15(13)24-18/h1-8H,22H2,(H2,21,25)(H,23,24). The van der Waals surface area contributed by atoms with Crippen LogP contribution in [0.4, 0.5) is 20.3 Å². The molecule has 26 heavy (non-hydrogen) atoms. The zero-order chi connectivity index (χ0) is 18.3. The topological polar surface area (TPSA) is 89.3 Å². The Labute approximate surface area is 151 Å². The van der Waals surface area contributed by atoms with Crippen molar-refractivity contribution in [3.05, 3.63) is 65.0 Å². The lowest BCUT2D eigenvalue weighted by molar-refractivity contribution is 0.584. The number of thiophene rings is 1. The fourth-order valence-corrected chi connectivity index (χ4v) is 3.72. The molecule has 2 aromatic heterocycles. The second-order valence-electron chi connectivity index (χ2n) is 5.65. The summed E-state index contributed by atoms with van der Waals surface area (Å²) >= 11 is 1.55. The number of aromatic nitrogens is 1. The molecule has 5 N–H and O–H groups in total. The van der Waals surface area contributed by atoms with Gasteiger partial charge in [0, 0.05) is 32.8 Å². The van der Waals surface area contributed by atoms with E-state index in [0.717, 1.165) is 21.5 Å². The SMILES string of the molecule is N/N=C(\N)c1ccc2c(c1)nc(Nc1cc(F)cc(F)c1)c1ccsc12. The molecule has 8 heteroatoms. The predicted octanol–water partition coefficient (Wildman–Crippen LogP) is 4.05. The summed E-state index contributed by atoms with van der Waals surface area (Å²) in [6.07, 6.45) is 0. The quantitative estimate of drug-likeness (QED) is 0.220. The van der Waals surface area contributed by atoms with Gasteiger partial charge in [-0.3, -0.25) is 0 Å². The number of pyridine rings is 1. The van der Waals surface area contributed by atoms with Gasteiger partial charge in [-0.2, -0.15) is 5.10 Å². The van der Waals surface area contributed by atoms with Crippen molar-refractivity contribution in [2.75, 3.05) is 5.32 Å². The monoisotopic (exact) mass is 369 g/mol. The number of nitrogens with zero attached hydrogens (tertiary/aromatic N) is 2. The van der Waals surface area contributed by atoms with Gasteiger partial charge in [0.15, 0.2) is 0 Å². The minimum atomic E-state index is -0.663. The van der Waals surface area contributed by atoms with Gasteiger partial charge in [0.1, 0.15) is 23.3 Å². The first-order valence-electron chi connectivity index (χ1n) is 7.63. The molecule has 2 aromatic carbocycles. The van der Waals surface area contributed by atoms with Crippen molar-refractivity contribution < 1.29 is 8.78 Å². The Balaban J connectivity index is 1.90. The molecule has 0 spiro atoms. The highest BCUT2D eigenvalue weighted by molar-refractivity contribution is 7.18. The smallest absolute Gasteiger partial charge is 0.150 e. The normalized spacial score (nSPS) is 12.0. The van der Waals surface area contributed by atoms with Crippen LogP contribution < -0.4 is 16.9 Å². The average molecular weight is 369 g/mol. The molecule has 0 saturated heterocycles. The summed E-state index contributed by atoms with van der Waals surface area (Å²) in [7, 11) is 0. The molecule has 0 unspecified atom stereocenters. The fourth-order valence-electron chi connectivity index (χ4n) is 2.79.